The lowest BCUT2D eigenvalue weighted by molar-refractivity contribution is 0.811. The molecule has 2 aromatic heterocycles. The average Bonchev–Trinajstić information content (AvgIpc) is 2.74. The zero-order valence-corrected chi connectivity index (χ0v) is 11.5. The summed E-state index contributed by atoms with van der Waals surface area (Å²) < 4.78 is 0.807. The van der Waals surface area contributed by atoms with Crippen LogP contribution >= 0.6 is 27.3 Å². The van der Waals surface area contributed by atoms with E-state index in [1.165, 1.54) is 0 Å². The summed E-state index contributed by atoms with van der Waals surface area (Å²) in [5.41, 5.74) is 7.84. The zero-order chi connectivity index (χ0) is 11.7. The van der Waals surface area contributed by atoms with Gasteiger partial charge in [0.05, 0.1) is 10.2 Å². The molecule has 0 fully saturated rings. The van der Waals surface area contributed by atoms with Gasteiger partial charge in [0.15, 0.2) is 5.82 Å². The molecule has 0 saturated carbocycles. The highest BCUT2D eigenvalue weighted by molar-refractivity contribution is 9.10. The molecule has 2 rings (SSSR count). The predicted molar refractivity (Wildman–Crippen MR) is 71.5 cm³/mol. The SMILES string of the molecule is CC(C)c1nc(-c2ccsc2)nc(N)c1Br. The molecule has 0 atom stereocenters. The maximum atomic E-state index is 5.87. The van der Waals surface area contributed by atoms with Crippen LogP contribution in [0.3, 0.4) is 0 Å². The standard InChI is InChI=1S/C11H12BrN3S/c1-6(2)9-8(12)10(13)15-11(14-9)7-3-4-16-5-7/h3-6H,1-2H3,(H2,13,14,15). The van der Waals surface area contributed by atoms with Gasteiger partial charge in [-0.1, -0.05) is 13.8 Å². The average molecular weight is 298 g/mol. The molecule has 0 radical (unpaired) electrons. The van der Waals surface area contributed by atoms with Crippen LogP contribution in [0.2, 0.25) is 0 Å². The van der Waals surface area contributed by atoms with E-state index in [1.807, 2.05) is 16.8 Å². The van der Waals surface area contributed by atoms with E-state index in [9.17, 15) is 0 Å². The fourth-order valence-corrected chi connectivity index (χ4v) is 2.66. The highest BCUT2D eigenvalue weighted by atomic mass is 79.9. The molecule has 84 valence electrons. The third-order valence-electron chi connectivity index (χ3n) is 2.23. The molecular formula is C11H12BrN3S. The molecule has 0 saturated heterocycles. The lowest BCUT2D eigenvalue weighted by atomic mass is 10.1. The number of rotatable bonds is 2. The van der Waals surface area contributed by atoms with Crippen molar-refractivity contribution in [2.24, 2.45) is 0 Å². The number of halogens is 1. The van der Waals surface area contributed by atoms with Crippen LogP contribution in [-0.2, 0) is 0 Å². The van der Waals surface area contributed by atoms with Crippen molar-refractivity contribution in [3.8, 4) is 11.4 Å². The minimum atomic E-state index is 0.317. The number of aromatic nitrogens is 2. The third kappa shape index (κ3) is 2.10. The van der Waals surface area contributed by atoms with Gasteiger partial charge in [-0.05, 0) is 33.3 Å². The molecule has 5 heteroatoms. The van der Waals surface area contributed by atoms with Gasteiger partial charge in [-0.3, -0.25) is 0 Å². The molecule has 0 amide bonds. The molecule has 0 spiro atoms. The van der Waals surface area contributed by atoms with Crippen LogP contribution in [0.25, 0.3) is 11.4 Å². The van der Waals surface area contributed by atoms with E-state index in [-0.39, 0.29) is 0 Å². The van der Waals surface area contributed by atoms with Gasteiger partial charge >= 0.3 is 0 Å². The number of anilines is 1. The Kier molecular flexibility index (Phi) is 3.25. The summed E-state index contributed by atoms with van der Waals surface area (Å²) in [6.07, 6.45) is 0. The first-order chi connectivity index (χ1) is 7.59. The van der Waals surface area contributed by atoms with Gasteiger partial charge in [0, 0.05) is 10.9 Å². The van der Waals surface area contributed by atoms with Crippen LogP contribution in [-0.4, -0.2) is 9.97 Å². The maximum Gasteiger partial charge on any atom is 0.162 e. The summed E-state index contributed by atoms with van der Waals surface area (Å²) in [4.78, 5) is 8.83. The number of nitrogen functional groups attached to an aromatic ring is 1. The summed E-state index contributed by atoms with van der Waals surface area (Å²) >= 11 is 5.06. The highest BCUT2D eigenvalue weighted by Crippen LogP contribution is 2.30. The second-order valence-corrected chi connectivity index (χ2v) is 5.37. The minimum absolute atomic E-state index is 0.317. The molecule has 3 nitrogen and oxygen atoms in total. The van der Waals surface area contributed by atoms with Crippen molar-refractivity contribution >= 4 is 33.1 Å². The zero-order valence-electron chi connectivity index (χ0n) is 9.07. The monoisotopic (exact) mass is 297 g/mol. The van der Waals surface area contributed by atoms with Crippen molar-refractivity contribution in [1.82, 2.24) is 9.97 Å². The van der Waals surface area contributed by atoms with Crippen molar-refractivity contribution in [2.75, 3.05) is 5.73 Å². The van der Waals surface area contributed by atoms with Crippen LogP contribution in [0.4, 0.5) is 5.82 Å². The Morgan fingerprint density at radius 2 is 2.12 bits per heavy atom. The van der Waals surface area contributed by atoms with E-state index in [1.54, 1.807) is 11.3 Å². The van der Waals surface area contributed by atoms with Crippen molar-refractivity contribution in [3.63, 3.8) is 0 Å². The van der Waals surface area contributed by atoms with Crippen molar-refractivity contribution in [2.45, 2.75) is 19.8 Å². The number of nitrogens with zero attached hydrogens (tertiary/aromatic N) is 2. The third-order valence-corrected chi connectivity index (χ3v) is 3.72. The Hall–Kier alpha value is -0.940. The normalized spacial score (nSPS) is 11.0. The molecular weight excluding hydrogens is 286 g/mol. The minimum Gasteiger partial charge on any atom is -0.383 e. The molecule has 0 aliphatic rings. The van der Waals surface area contributed by atoms with E-state index >= 15 is 0 Å². The lowest BCUT2D eigenvalue weighted by Gasteiger charge is -2.10. The quantitative estimate of drug-likeness (QED) is 0.920. The van der Waals surface area contributed by atoms with Gasteiger partial charge in [-0.2, -0.15) is 11.3 Å². The molecule has 2 heterocycles. The Labute approximate surface area is 107 Å². The Bertz CT molecular complexity index is 494. The van der Waals surface area contributed by atoms with E-state index in [0.29, 0.717) is 17.6 Å². The van der Waals surface area contributed by atoms with Crippen LogP contribution in [0.1, 0.15) is 25.5 Å². The number of nitrogens with two attached hydrogens (primary N) is 1. The molecule has 0 aliphatic heterocycles. The van der Waals surface area contributed by atoms with Gasteiger partial charge in [0.25, 0.3) is 0 Å². The van der Waals surface area contributed by atoms with E-state index in [2.05, 4.69) is 39.7 Å². The molecule has 2 N–H and O–H groups in total. The molecule has 2 aromatic rings. The Balaban J connectivity index is 2.57. The smallest absolute Gasteiger partial charge is 0.162 e. The van der Waals surface area contributed by atoms with Crippen LogP contribution in [0, 0.1) is 0 Å². The van der Waals surface area contributed by atoms with E-state index < -0.39 is 0 Å². The van der Waals surface area contributed by atoms with Gasteiger partial charge in [-0.15, -0.1) is 0 Å². The van der Waals surface area contributed by atoms with E-state index in [0.717, 1.165) is 15.7 Å². The highest BCUT2D eigenvalue weighted by Gasteiger charge is 2.14. The predicted octanol–water partition coefficient (Wildman–Crippen LogP) is 3.67. The second-order valence-electron chi connectivity index (χ2n) is 3.80. The van der Waals surface area contributed by atoms with Crippen LogP contribution in [0.15, 0.2) is 21.3 Å². The topological polar surface area (TPSA) is 51.8 Å². The molecule has 0 unspecified atom stereocenters. The summed E-state index contributed by atoms with van der Waals surface area (Å²) in [5, 5.41) is 4.03. The number of hydrogen-bond acceptors (Lipinski definition) is 4. The first-order valence-electron chi connectivity index (χ1n) is 4.95. The van der Waals surface area contributed by atoms with Crippen molar-refractivity contribution < 1.29 is 0 Å². The fraction of sp³-hybridized carbons (Fsp3) is 0.273. The van der Waals surface area contributed by atoms with Gasteiger partial charge in [-0.25, -0.2) is 9.97 Å². The number of hydrogen-bond donors (Lipinski definition) is 1. The Morgan fingerprint density at radius 3 is 2.69 bits per heavy atom. The van der Waals surface area contributed by atoms with Crippen molar-refractivity contribution in [3.05, 3.63) is 27.0 Å². The summed E-state index contributed by atoms with van der Waals surface area (Å²) in [6, 6.07) is 2.00. The number of thiophene rings is 1. The van der Waals surface area contributed by atoms with Crippen molar-refractivity contribution in [1.29, 1.82) is 0 Å². The first-order valence-corrected chi connectivity index (χ1v) is 6.68. The van der Waals surface area contributed by atoms with E-state index in [4.69, 9.17) is 5.73 Å². The molecule has 0 aliphatic carbocycles. The first kappa shape index (κ1) is 11.5. The largest absolute Gasteiger partial charge is 0.383 e. The van der Waals surface area contributed by atoms with Crippen LogP contribution < -0.4 is 5.73 Å². The second kappa shape index (κ2) is 4.51. The van der Waals surface area contributed by atoms with Gasteiger partial charge in [0.1, 0.15) is 5.82 Å². The molecule has 0 aromatic carbocycles. The Morgan fingerprint density at radius 1 is 1.38 bits per heavy atom. The molecule has 16 heavy (non-hydrogen) atoms. The van der Waals surface area contributed by atoms with Gasteiger partial charge < -0.3 is 5.73 Å². The molecule has 0 bridgehead atoms. The fourth-order valence-electron chi connectivity index (χ4n) is 1.39. The summed E-state index contributed by atoms with van der Waals surface area (Å²) in [7, 11) is 0. The maximum absolute atomic E-state index is 5.87. The van der Waals surface area contributed by atoms with Crippen LogP contribution in [0.5, 0.6) is 0 Å². The van der Waals surface area contributed by atoms with Gasteiger partial charge in [0.2, 0.25) is 0 Å². The summed E-state index contributed by atoms with van der Waals surface area (Å²) in [5.74, 6) is 1.52. The lowest BCUT2D eigenvalue weighted by Crippen LogP contribution is -2.03. The summed E-state index contributed by atoms with van der Waals surface area (Å²) in [6.45, 7) is 4.17.